The lowest BCUT2D eigenvalue weighted by Gasteiger charge is -2.07. The molecule has 0 aliphatic rings. The minimum atomic E-state index is -0.219. The van der Waals surface area contributed by atoms with Gasteiger partial charge in [-0.05, 0) is 24.3 Å². The number of ether oxygens (including phenoxy) is 2. The van der Waals surface area contributed by atoms with Crippen molar-refractivity contribution in [1.29, 1.82) is 0 Å². The molecule has 1 aromatic heterocycles. The average molecular weight is 276 g/mol. The molecule has 0 saturated heterocycles. The Morgan fingerprint density at radius 2 is 2.00 bits per heavy atom. The van der Waals surface area contributed by atoms with Crippen LogP contribution in [0, 0.1) is 0 Å². The second kappa shape index (κ2) is 6.55. The second-order valence-corrected chi connectivity index (χ2v) is 4.10. The highest BCUT2D eigenvalue weighted by Crippen LogP contribution is 2.16. The number of rotatable bonds is 6. The van der Waals surface area contributed by atoms with Gasteiger partial charge < -0.3 is 19.4 Å². The summed E-state index contributed by atoms with van der Waals surface area (Å²) >= 11 is 0. The summed E-state index contributed by atoms with van der Waals surface area (Å²) in [6, 6.07) is 7.03. The van der Waals surface area contributed by atoms with E-state index in [0.29, 0.717) is 18.1 Å². The molecule has 20 heavy (non-hydrogen) atoms. The molecule has 2 rings (SSSR count). The fourth-order valence-corrected chi connectivity index (χ4v) is 1.52. The molecule has 0 unspecified atom stereocenters. The van der Waals surface area contributed by atoms with Gasteiger partial charge in [0.05, 0.1) is 13.7 Å². The molecule has 0 atom stereocenters. The fraction of sp³-hybridized carbons (Fsp3) is 0.308. The van der Waals surface area contributed by atoms with E-state index in [1.807, 2.05) is 7.05 Å². The van der Waals surface area contributed by atoms with Gasteiger partial charge in [-0.25, -0.2) is 0 Å². The third-order valence-electron chi connectivity index (χ3n) is 2.68. The van der Waals surface area contributed by atoms with Gasteiger partial charge in [0.15, 0.2) is 12.4 Å². The number of nitrogens with zero attached hydrogens (tertiary/aromatic N) is 3. The van der Waals surface area contributed by atoms with Crippen molar-refractivity contribution >= 4 is 5.91 Å². The molecule has 0 spiro atoms. The first kappa shape index (κ1) is 13.9. The van der Waals surface area contributed by atoms with E-state index >= 15 is 0 Å². The van der Waals surface area contributed by atoms with Crippen molar-refractivity contribution < 1.29 is 14.3 Å². The Labute approximate surface area is 116 Å². The van der Waals surface area contributed by atoms with E-state index in [-0.39, 0.29) is 12.5 Å². The number of benzene rings is 1. The van der Waals surface area contributed by atoms with Gasteiger partial charge in [0.25, 0.3) is 5.91 Å². The lowest BCUT2D eigenvalue weighted by atomic mass is 10.3. The molecule has 1 amide bonds. The summed E-state index contributed by atoms with van der Waals surface area (Å²) < 4.78 is 12.1. The molecule has 0 bridgehead atoms. The zero-order chi connectivity index (χ0) is 14.4. The Bertz CT molecular complexity index is 565. The predicted octanol–water partition coefficient (Wildman–Crippen LogP) is 0.519. The standard InChI is InChI=1S/C13H16N4O3/c1-17-9-15-16-12(17)7-14-13(18)8-20-11-5-3-10(19-2)4-6-11/h3-6,9H,7-8H2,1-2H3,(H,14,18). The number of aromatic nitrogens is 3. The normalized spacial score (nSPS) is 10.1. The van der Waals surface area contributed by atoms with E-state index in [1.54, 1.807) is 42.3 Å². The number of methoxy groups -OCH3 is 1. The molecule has 106 valence electrons. The van der Waals surface area contributed by atoms with Crippen molar-refractivity contribution in [3.8, 4) is 11.5 Å². The number of nitrogens with one attached hydrogen (secondary N) is 1. The maximum absolute atomic E-state index is 11.6. The van der Waals surface area contributed by atoms with Crippen LogP contribution in [-0.2, 0) is 18.4 Å². The van der Waals surface area contributed by atoms with Gasteiger partial charge in [0, 0.05) is 7.05 Å². The van der Waals surface area contributed by atoms with Crippen LogP contribution in [0.15, 0.2) is 30.6 Å². The molecule has 0 radical (unpaired) electrons. The summed E-state index contributed by atoms with van der Waals surface area (Å²) in [5.74, 6) is 1.82. The molecule has 0 fully saturated rings. The first-order chi connectivity index (χ1) is 9.69. The van der Waals surface area contributed by atoms with Gasteiger partial charge in [0.2, 0.25) is 0 Å². The van der Waals surface area contributed by atoms with Crippen molar-refractivity contribution in [1.82, 2.24) is 20.1 Å². The lowest BCUT2D eigenvalue weighted by Crippen LogP contribution is -2.29. The first-order valence-electron chi connectivity index (χ1n) is 6.05. The maximum atomic E-state index is 11.6. The van der Waals surface area contributed by atoms with Crippen molar-refractivity contribution in [2.24, 2.45) is 7.05 Å². The van der Waals surface area contributed by atoms with Crippen molar-refractivity contribution in [3.63, 3.8) is 0 Å². The monoisotopic (exact) mass is 276 g/mol. The highest BCUT2D eigenvalue weighted by Gasteiger charge is 2.05. The molecule has 1 heterocycles. The molecule has 1 N–H and O–H groups in total. The maximum Gasteiger partial charge on any atom is 0.258 e. The van der Waals surface area contributed by atoms with Crippen LogP contribution in [0.1, 0.15) is 5.82 Å². The minimum absolute atomic E-state index is 0.0514. The van der Waals surface area contributed by atoms with Gasteiger partial charge in [-0.2, -0.15) is 0 Å². The molecular weight excluding hydrogens is 260 g/mol. The van der Waals surface area contributed by atoms with Crippen LogP contribution in [0.4, 0.5) is 0 Å². The van der Waals surface area contributed by atoms with Crippen LogP contribution in [0.5, 0.6) is 11.5 Å². The summed E-state index contributed by atoms with van der Waals surface area (Å²) in [6.07, 6.45) is 1.58. The van der Waals surface area contributed by atoms with E-state index in [0.717, 1.165) is 5.75 Å². The molecule has 7 nitrogen and oxygen atoms in total. The van der Waals surface area contributed by atoms with Gasteiger partial charge in [-0.1, -0.05) is 0 Å². The summed E-state index contributed by atoms with van der Waals surface area (Å²) in [4.78, 5) is 11.6. The predicted molar refractivity (Wildman–Crippen MR) is 71.3 cm³/mol. The van der Waals surface area contributed by atoms with Gasteiger partial charge in [-0.15, -0.1) is 10.2 Å². The number of hydrogen-bond acceptors (Lipinski definition) is 5. The number of aryl methyl sites for hydroxylation is 1. The largest absolute Gasteiger partial charge is 0.497 e. The highest BCUT2D eigenvalue weighted by molar-refractivity contribution is 5.77. The van der Waals surface area contributed by atoms with E-state index in [2.05, 4.69) is 15.5 Å². The highest BCUT2D eigenvalue weighted by atomic mass is 16.5. The Morgan fingerprint density at radius 1 is 1.30 bits per heavy atom. The average Bonchev–Trinajstić information content (AvgIpc) is 2.89. The lowest BCUT2D eigenvalue weighted by molar-refractivity contribution is -0.123. The molecule has 0 aliphatic carbocycles. The van der Waals surface area contributed by atoms with Crippen LogP contribution < -0.4 is 14.8 Å². The number of amides is 1. The van der Waals surface area contributed by atoms with Crippen LogP contribution in [0.2, 0.25) is 0 Å². The summed E-state index contributed by atoms with van der Waals surface area (Å²) in [5, 5.41) is 10.3. The van der Waals surface area contributed by atoms with Crippen LogP contribution in [0.3, 0.4) is 0 Å². The molecule has 2 aromatic rings. The number of carbonyl (C=O) groups is 1. The number of hydrogen-bond donors (Lipinski definition) is 1. The Balaban J connectivity index is 1.75. The van der Waals surface area contributed by atoms with Gasteiger partial charge in [-0.3, -0.25) is 4.79 Å². The van der Waals surface area contributed by atoms with Crippen molar-refractivity contribution in [2.45, 2.75) is 6.54 Å². The zero-order valence-corrected chi connectivity index (χ0v) is 11.4. The topological polar surface area (TPSA) is 78.3 Å². The van der Waals surface area contributed by atoms with Gasteiger partial charge >= 0.3 is 0 Å². The van der Waals surface area contributed by atoms with E-state index in [1.165, 1.54) is 0 Å². The van der Waals surface area contributed by atoms with Crippen LogP contribution >= 0.6 is 0 Å². The fourth-order valence-electron chi connectivity index (χ4n) is 1.52. The van der Waals surface area contributed by atoms with Crippen LogP contribution in [0.25, 0.3) is 0 Å². The van der Waals surface area contributed by atoms with Gasteiger partial charge in [0.1, 0.15) is 17.8 Å². The quantitative estimate of drug-likeness (QED) is 0.832. The molecule has 0 saturated carbocycles. The Morgan fingerprint density at radius 3 is 2.60 bits per heavy atom. The molecule has 0 aliphatic heterocycles. The smallest absolute Gasteiger partial charge is 0.258 e. The first-order valence-corrected chi connectivity index (χ1v) is 6.05. The number of carbonyl (C=O) groups excluding carboxylic acids is 1. The van der Waals surface area contributed by atoms with E-state index in [9.17, 15) is 4.79 Å². The summed E-state index contributed by atoms with van der Waals surface area (Å²) in [6.45, 7) is 0.269. The second-order valence-electron chi connectivity index (χ2n) is 4.10. The molecule has 7 heteroatoms. The van der Waals surface area contributed by atoms with Crippen molar-refractivity contribution in [2.75, 3.05) is 13.7 Å². The van der Waals surface area contributed by atoms with Crippen molar-refractivity contribution in [3.05, 3.63) is 36.4 Å². The third-order valence-corrected chi connectivity index (χ3v) is 2.68. The Kier molecular flexibility index (Phi) is 4.54. The zero-order valence-electron chi connectivity index (χ0n) is 11.4. The summed E-state index contributed by atoms with van der Waals surface area (Å²) in [5.41, 5.74) is 0. The molecule has 1 aromatic carbocycles. The van der Waals surface area contributed by atoms with E-state index in [4.69, 9.17) is 9.47 Å². The van der Waals surface area contributed by atoms with E-state index < -0.39 is 0 Å². The minimum Gasteiger partial charge on any atom is -0.497 e. The third kappa shape index (κ3) is 3.71. The molecular formula is C13H16N4O3. The SMILES string of the molecule is COc1ccc(OCC(=O)NCc2nncn2C)cc1. The summed E-state index contributed by atoms with van der Waals surface area (Å²) in [7, 11) is 3.41. The Hall–Kier alpha value is -2.57. The van der Waals surface area contributed by atoms with Crippen LogP contribution in [-0.4, -0.2) is 34.4 Å².